The molecule has 1 unspecified atom stereocenters. The first-order valence-electron chi connectivity index (χ1n) is 7.19. The lowest BCUT2D eigenvalue weighted by Gasteiger charge is -2.32. The molecule has 0 aromatic rings. The molecule has 0 aliphatic heterocycles. The van der Waals surface area contributed by atoms with Crippen LogP contribution in [0.3, 0.4) is 0 Å². The Hall–Kier alpha value is -0.650. The lowest BCUT2D eigenvalue weighted by molar-refractivity contribution is -0.124. The van der Waals surface area contributed by atoms with E-state index in [0.29, 0.717) is 6.04 Å². The molecule has 3 N–H and O–H groups in total. The maximum Gasteiger partial charge on any atom is 0.237 e. The molecule has 0 aromatic carbocycles. The number of ether oxygens (including phenoxy) is 1. The van der Waals surface area contributed by atoms with Crippen LogP contribution >= 0.6 is 0 Å². The molecule has 1 fully saturated rings. The molecule has 1 saturated carbocycles. The van der Waals surface area contributed by atoms with E-state index in [2.05, 4.69) is 10.2 Å². The van der Waals surface area contributed by atoms with Gasteiger partial charge in [0.15, 0.2) is 0 Å². The van der Waals surface area contributed by atoms with Crippen LogP contribution in [0.15, 0.2) is 0 Å². The molecule has 1 amide bonds. The third kappa shape index (κ3) is 5.47. The van der Waals surface area contributed by atoms with Crippen LogP contribution in [0.2, 0.25) is 0 Å². The van der Waals surface area contributed by atoms with Crippen LogP contribution in [0, 0.1) is 0 Å². The molecule has 0 bridgehead atoms. The minimum atomic E-state index is -0.631. The number of hydrogen-bond donors (Lipinski definition) is 2. The molecule has 1 aliphatic carbocycles. The summed E-state index contributed by atoms with van der Waals surface area (Å²) in [7, 11) is 1.72. The van der Waals surface area contributed by atoms with E-state index in [9.17, 15) is 4.79 Å². The van der Waals surface area contributed by atoms with Crippen molar-refractivity contribution in [2.75, 3.05) is 26.8 Å². The Morgan fingerprint density at radius 2 is 2.11 bits per heavy atom. The summed E-state index contributed by atoms with van der Waals surface area (Å²) in [5.41, 5.74) is 4.92. The summed E-state index contributed by atoms with van der Waals surface area (Å²) in [6.07, 6.45) is 3.25. The third-order valence-electron chi connectivity index (χ3n) is 3.70. The molecule has 5 nitrogen and oxygen atoms in total. The van der Waals surface area contributed by atoms with Crippen LogP contribution < -0.4 is 11.1 Å². The lowest BCUT2D eigenvalue weighted by atomic mass is 9.95. The predicted octanol–water partition coefficient (Wildman–Crippen LogP) is 0.729. The summed E-state index contributed by atoms with van der Waals surface area (Å²) < 4.78 is 5.15. The number of amides is 1. The predicted molar refractivity (Wildman–Crippen MR) is 77.0 cm³/mol. The minimum Gasteiger partial charge on any atom is -0.383 e. The van der Waals surface area contributed by atoms with Crippen molar-refractivity contribution in [1.82, 2.24) is 10.2 Å². The van der Waals surface area contributed by atoms with Crippen molar-refractivity contribution in [3.8, 4) is 0 Å². The van der Waals surface area contributed by atoms with E-state index < -0.39 is 5.54 Å². The first-order chi connectivity index (χ1) is 8.89. The van der Waals surface area contributed by atoms with E-state index in [1.165, 1.54) is 12.8 Å². The highest BCUT2D eigenvalue weighted by Crippen LogP contribution is 2.27. The molecule has 19 heavy (non-hydrogen) atoms. The molecule has 0 heterocycles. The van der Waals surface area contributed by atoms with E-state index in [0.717, 1.165) is 26.1 Å². The zero-order chi connectivity index (χ0) is 14.5. The Kier molecular flexibility index (Phi) is 6.23. The largest absolute Gasteiger partial charge is 0.383 e. The number of methoxy groups -OCH3 is 1. The SMILES string of the molecule is COCCN(CCC(C)(NC(C)C)C(N)=O)C1CC1. The molecule has 1 atom stereocenters. The number of carbonyl (C=O) groups excluding carboxylic acids is 1. The number of nitrogens with one attached hydrogen (secondary N) is 1. The van der Waals surface area contributed by atoms with Gasteiger partial charge in [0, 0.05) is 32.3 Å². The van der Waals surface area contributed by atoms with Gasteiger partial charge in [-0.2, -0.15) is 0 Å². The number of nitrogens with zero attached hydrogens (tertiary/aromatic N) is 1. The van der Waals surface area contributed by atoms with Gasteiger partial charge in [0.2, 0.25) is 5.91 Å². The molecule has 1 rings (SSSR count). The topological polar surface area (TPSA) is 67.6 Å². The molecule has 0 spiro atoms. The van der Waals surface area contributed by atoms with E-state index in [4.69, 9.17) is 10.5 Å². The summed E-state index contributed by atoms with van der Waals surface area (Å²) in [5, 5.41) is 3.29. The monoisotopic (exact) mass is 271 g/mol. The van der Waals surface area contributed by atoms with Crippen molar-refractivity contribution in [2.45, 2.75) is 57.7 Å². The van der Waals surface area contributed by atoms with Crippen LogP contribution in [0.1, 0.15) is 40.0 Å². The molecular formula is C14H29N3O2. The minimum absolute atomic E-state index is 0.242. The molecule has 0 radical (unpaired) electrons. The van der Waals surface area contributed by atoms with Gasteiger partial charge in [0.1, 0.15) is 0 Å². The number of primary amides is 1. The van der Waals surface area contributed by atoms with Crippen LogP contribution in [-0.2, 0) is 9.53 Å². The van der Waals surface area contributed by atoms with E-state index in [1.807, 2.05) is 20.8 Å². The number of nitrogens with two attached hydrogens (primary N) is 1. The molecule has 0 saturated heterocycles. The van der Waals surface area contributed by atoms with Crippen molar-refractivity contribution in [1.29, 1.82) is 0 Å². The molecule has 0 aromatic heterocycles. The first-order valence-corrected chi connectivity index (χ1v) is 7.19. The highest BCUT2D eigenvalue weighted by atomic mass is 16.5. The lowest BCUT2D eigenvalue weighted by Crippen LogP contribution is -2.57. The molecule has 5 heteroatoms. The summed E-state index contributed by atoms with van der Waals surface area (Å²) in [4.78, 5) is 14.1. The van der Waals surface area contributed by atoms with Crippen molar-refractivity contribution in [3.63, 3.8) is 0 Å². The van der Waals surface area contributed by atoms with Gasteiger partial charge in [-0.05, 0) is 40.0 Å². The number of rotatable bonds is 10. The molecule has 1 aliphatic rings. The van der Waals surface area contributed by atoms with Gasteiger partial charge in [-0.15, -0.1) is 0 Å². The van der Waals surface area contributed by atoms with Gasteiger partial charge >= 0.3 is 0 Å². The van der Waals surface area contributed by atoms with Crippen LogP contribution in [-0.4, -0.2) is 55.2 Å². The van der Waals surface area contributed by atoms with Crippen molar-refractivity contribution < 1.29 is 9.53 Å². The maximum atomic E-state index is 11.7. The zero-order valence-corrected chi connectivity index (χ0v) is 12.7. The van der Waals surface area contributed by atoms with Gasteiger partial charge in [0.05, 0.1) is 12.1 Å². The average Bonchev–Trinajstić information content (AvgIpc) is 3.12. The first kappa shape index (κ1) is 16.4. The molecular weight excluding hydrogens is 242 g/mol. The average molecular weight is 271 g/mol. The quantitative estimate of drug-likeness (QED) is 0.615. The normalized spacial score (nSPS) is 18.8. The van der Waals surface area contributed by atoms with Gasteiger partial charge in [0.25, 0.3) is 0 Å². The third-order valence-corrected chi connectivity index (χ3v) is 3.70. The zero-order valence-electron chi connectivity index (χ0n) is 12.7. The fourth-order valence-corrected chi connectivity index (χ4v) is 2.40. The Bertz CT molecular complexity index is 292. The highest BCUT2D eigenvalue weighted by molar-refractivity contribution is 5.84. The van der Waals surface area contributed by atoms with Gasteiger partial charge < -0.3 is 15.8 Å². The van der Waals surface area contributed by atoms with Gasteiger partial charge in [-0.3, -0.25) is 9.69 Å². The van der Waals surface area contributed by atoms with Crippen LogP contribution in [0.5, 0.6) is 0 Å². The fourth-order valence-electron chi connectivity index (χ4n) is 2.40. The van der Waals surface area contributed by atoms with Crippen molar-refractivity contribution in [3.05, 3.63) is 0 Å². The summed E-state index contributed by atoms with van der Waals surface area (Å²) >= 11 is 0. The van der Waals surface area contributed by atoms with Crippen molar-refractivity contribution in [2.24, 2.45) is 5.73 Å². The second-order valence-corrected chi connectivity index (χ2v) is 6.01. The second kappa shape index (κ2) is 7.22. The van der Waals surface area contributed by atoms with E-state index in [-0.39, 0.29) is 11.9 Å². The Morgan fingerprint density at radius 3 is 2.53 bits per heavy atom. The van der Waals surface area contributed by atoms with Crippen LogP contribution in [0.4, 0.5) is 0 Å². The van der Waals surface area contributed by atoms with E-state index >= 15 is 0 Å². The Balaban J connectivity index is 2.50. The fraction of sp³-hybridized carbons (Fsp3) is 0.929. The second-order valence-electron chi connectivity index (χ2n) is 6.01. The number of carbonyl (C=O) groups is 1. The van der Waals surface area contributed by atoms with Gasteiger partial charge in [-0.25, -0.2) is 0 Å². The summed E-state index contributed by atoms with van der Waals surface area (Å²) in [5.74, 6) is -0.274. The maximum absolute atomic E-state index is 11.7. The smallest absolute Gasteiger partial charge is 0.237 e. The van der Waals surface area contributed by atoms with Crippen LogP contribution in [0.25, 0.3) is 0 Å². The Morgan fingerprint density at radius 1 is 1.47 bits per heavy atom. The number of hydrogen-bond acceptors (Lipinski definition) is 4. The molecule has 112 valence electrons. The van der Waals surface area contributed by atoms with Gasteiger partial charge in [-0.1, -0.05) is 0 Å². The Labute approximate surface area is 116 Å². The summed E-state index contributed by atoms with van der Waals surface area (Å²) in [6.45, 7) is 8.51. The van der Waals surface area contributed by atoms with E-state index in [1.54, 1.807) is 7.11 Å². The standard InChI is InChI=1S/C14H29N3O2/c1-11(2)16-14(3,13(15)18)7-8-17(9-10-19-4)12-5-6-12/h11-12,16H,5-10H2,1-4H3,(H2,15,18). The highest BCUT2D eigenvalue weighted by Gasteiger charge is 2.34. The van der Waals surface area contributed by atoms with Crippen molar-refractivity contribution >= 4 is 5.91 Å². The summed E-state index contributed by atoms with van der Waals surface area (Å²) in [6, 6.07) is 0.914.